The van der Waals surface area contributed by atoms with Crippen molar-refractivity contribution in [1.82, 2.24) is 10.3 Å². The molecule has 1 heterocycles. The third-order valence-electron chi connectivity index (χ3n) is 2.67. The Bertz CT molecular complexity index is 612. The molecule has 112 valence electrons. The van der Waals surface area contributed by atoms with E-state index in [0.717, 1.165) is 5.56 Å². The number of rotatable bonds is 5. The molecule has 21 heavy (non-hydrogen) atoms. The molecule has 0 aliphatic heterocycles. The van der Waals surface area contributed by atoms with Crippen LogP contribution < -0.4 is 10.1 Å². The summed E-state index contributed by atoms with van der Waals surface area (Å²) in [6.45, 7) is 4.78. The Labute approximate surface area is 139 Å². The monoisotopic (exact) mass is 344 g/mol. The lowest BCUT2D eigenvalue weighted by Gasteiger charge is -2.11. The van der Waals surface area contributed by atoms with E-state index in [2.05, 4.69) is 24.1 Å². The number of aromatic nitrogens is 1. The highest BCUT2D eigenvalue weighted by Crippen LogP contribution is 2.29. The first-order chi connectivity index (χ1) is 9.94. The van der Waals surface area contributed by atoms with Crippen molar-refractivity contribution in [2.45, 2.75) is 26.4 Å². The number of hydrogen-bond acceptors (Lipinski definition) is 3. The summed E-state index contributed by atoms with van der Waals surface area (Å²) in [4.78, 5) is 4.15. The van der Waals surface area contributed by atoms with Gasteiger partial charge in [0.1, 0.15) is 5.75 Å². The van der Waals surface area contributed by atoms with Gasteiger partial charge in [-0.05, 0) is 23.8 Å². The maximum atomic E-state index is 6.13. The third kappa shape index (κ3) is 5.04. The summed E-state index contributed by atoms with van der Waals surface area (Å²) in [5, 5.41) is 4.91. The van der Waals surface area contributed by atoms with Crippen molar-refractivity contribution in [1.29, 1.82) is 0 Å². The van der Waals surface area contributed by atoms with Crippen molar-refractivity contribution in [2.75, 3.05) is 0 Å². The van der Waals surface area contributed by atoms with E-state index >= 15 is 0 Å². The Morgan fingerprint density at radius 2 is 1.76 bits per heavy atom. The normalized spacial score (nSPS) is 11.0. The third-order valence-corrected chi connectivity index (χ3v) is 3.45. The van der Waals surface area contributed by atoms with E-state index in [1.165, 1.54) is 0 Å². The fourth-order valence-corrected chi connectivity index (χ4v) is 2.35. The molecular formula is C15H15Cl3N2O. The van der Waals surface area contributed by atoms with Crippen molar-refractivity contribution in [3.05, 3.63) is 51.1 Å². The van der Waals surface area contributed by atoms with E-state index in [4.69, 9.17) is 39.5 Å². The molecule has 2 aromatic rings. The van der Waals surface area contributed by atoms with E-state index < -0.39 is 0 Å². The van der Waals surface area contributed by atoms with Crippen LogP contribution in [0.4, 0.5) is 0 Å². The quantitative estimate of drug-likeness (QED) is 0.795. The number of hydrogen-bond donors (Lipinski definition) is 1. The number of nitrogens with zero attached hydrogens (tertiary/aromatic N) is 1. The van der Waals surface area contributed by atoms with E-state index in [1.807, 2.05) is 0 Å². The summed E-state index contributed by atoms with van der Waals surface area (Å²) >= 11 is 18.0. The molecule has 1 N–H and O–H groups in total. The first-order valence-corrected chi connectivity index (χ1v) is 7.59. The summed E-state index contributed by atoms with van der Waals surface area (Å²) in [6.07, 6.45) is 1.57. The molecule has 1 aromatic heterocycles. The van der Waals surface area contributed by atoms with Crippen LogP contribution in [0.15, 0.2) is 30.5 Å². The predicted octanol–water partition coefficient (Wildman–Crippen LogP) is 5.33. The zero-order chi connectivity index (χ0) is 15.4. The molecule has 0 aliphatic rings. The Hall–Kier alpha value is -1.00. The summed E-state index contributed by atoms with van der Waals surface area (Å²) < 4.78 is 5.68. The van der Waals surface area contributed by atoms with Gasteiger partial charge in [0.15, 0.2) is 0 Å². The predicted molar refractivity (Wildman–Crippen MR) is 87.8 cm³/mol. The van der Waals surface area contributed by atoms with Crippen LogP contribution in [0.2, 0.25) is 15.1 Å². The van der Waals surface area contributed by atoms with E-state index in [1.54, 1.807) is 30.5 Å². The molecule has 0 spiro atoms. The van der Waals surface area contributed by atoms with Crippen LogP contribution >= 0.6 is 34.8 Å². The Kier molecular flexibility index (Phi) is 5.71. The van der Waals surface area contributed by atoms with Gasteiger partial charge in [-0.3, -0.25) is 0 Å². The zero-order valence-electron chi connectivity index (χ0n) is 11.7. The van der Waals surface area contributed by atoms with Gasteiger partial charge < -0.3 is 10.1 Å². The molecule has 6 heteroatoms. The van der Waals surface area contributed by atoms with Crippen molar-refractivity contribution >= 4 is 34.8 Å². The molecule has 0 atom stereocenters. The maximum absolute atomic E-state index is 6.13. The van der Waals surface area contributed by atoms with Crippen LogP contribution in [0.5, 0.6) is 11.6 Å². The summed E-state index contributed by atoms with van der Waals surface area (Å²) in [7, 11) is 0. The molecule has 2 rings (SSSR count). The number of benzene rings is 1. The van der Waals surface area contributed by atoms with Crippen LogP contribution in [-0.2, 0) is 6.54 Å². The molecular weight excluding hydrogens is 331 g/mol. The minimum atomic E-state index is 0.366. The fourth-order valence-electron chi connectivity index (χ4n) is 1.67. The van der Waals surface area contributed by atoms with Crippen LogP contribution in [-0.4, -0.2) is 11.0 Å². The highest BCUT2D eigenvalue weighted by atomic mass is 35.5. The first kappa shape index (κ1) is 16.4. The summed E-state index contributed by atoms with van der Waals surface area (Å²) in [6, 6.07) is 7.16. The lowest BCUT2D eigenvalue weighted by molar-refractivity contribution is 0.461. The van der Waals surface area contributed by atoms with E-state index in [-0.39, 0.29) is 0 Å². The van der Waals surface area contributed by atoms with Gasteiger partial charge in [-0.15, -0.1) is 0 Å². The number of nitrogens with one attached hydrogen (secondary N) is 1. The summed E-state index contributed by atoms with van der Waals surface area (Å²) in [5.74, 6) is 0.975. The molecule has 0 fully saturated rings. The lowest BCUT2D eigenvalue weighted by Crippen LogP contribution is -2.22. The van der Waals surface area contributed by atoms with Gasteiger partial charge in [0.05, 0.1) is 5.02 Å². The molecule has 0 saturated heterocycles. The van der Waals surface area contributed by atoms with Gasteiger partial charge in [0, 0.05) is 34.9 Å². The topological polar surface area (TPSA) is 34.1 Å². The summed E-state index contributed by atoms with van der Waals surface area (Å²) in [5.41, 5.74) is 0.920. The number of ether oxygens (including phenoxy) is 1. The molecule has 1 aromatic carbocycles. The standard InChI is InChI=1S/C15H15Cl3N2O/c1-9(2)19-7-10-3-15(20-8-14(10)18)21-13-5-11(16)4-12(17)6-13/h3-6,8-9,19H,7H2,1-2H3. The second kappa shape index (κ2) is 7.32. The average molecular weight is 346 g/mol. The first-order valence-electron chi connectivity index (χ1n) is 6.46. The molecule has 3 nitrogen and oxygen atoms in total. The van der Waals surface area contributed by atoms with Crippen LogP contribution in [0.25, 0.3) is 0 Å². The molecule has 0 unspecified atom stereocenters. The molecule has 0 bridgehead atoms. The fraction of sp³-hybridized carbons (Fsp3) is 0.267. The van der Waals surface area contributed by atoms with Gasteiger partial charge in [0.2, 0.25) is 5.88 Å². The Morgan fingerprint density at radius 3 is 2.38 bits per heavy atom. The number of halogens is 3. The van der Waals surface area contributed by atoms with Gasteiger partial charge in [-0.25, -0.2) is 4.98 Å². The Morgan fingerprint density at radius 1 is 1.10 bits per heavy atom. The van der Waals surface area contributed by atoms with Gasteiger partial charge >= 0.3 is 0 Å². The van der Waals surface area contributed by atoms with Crippen molar-refractivity contribution < 1.29 is 4.74 Å². The van der Waals surface area contributed by atoms with Crippen molar-refractivity contribution in [3.63, 3.8) is 0 Å². The molecule has 0 amide bonds. The molecule has 0 saturated carbocycles. The lowest BCUT2D eigenvalue weighted by atomic mass is 10.2. The van der Waals surface area contributed by atoms with Crippen molar-refractivity contribution in [2.24, 2.45) is 0 Å². The van der Waals surface area contributed by atoms with Gasteiger partial charge in [0.25, 0.3) is 0 Å². The molecule has 0 aliphatic carbocycles. The van der Waals surface area contributed by atoms with Gasteiger partial charge in [-0.2, -0.15) is 0 Å². The van der Waals surface area contributed by atoms with Crippen molar-refractivity contribution in [3.8, 4) is 11.6 Å². The van der Waals surface area contributed by atoms with Crippen LogP contribution in [0.1, 0.15) is 19.4 Å². The minimum absolute atomic E-state index is 0.366. The number of pyridine rings is 1. The van der Waals surface area contributed by atoms with E-state index in [0.29, 0.717) is 39.3 Å². The van der Waals surface area contributed by atoms with Crippen LogP contribution in [0.3, 0.4) is 0 Å². The zero-order valence-corrected chi connectivity index (χ0v) is 13.9. The largest absolute Gasteiger partial charge is 0.439 e. The van der Waals surface area contributed by atoms with E-state index in [9.17, 15) is 0 Å². The second-order valence-electron chi connectivity index (χ2n) is 4.86. The maximum Gasteiger partial charge on any atom is 0.219 e. The smallest absolute Gasteiger partial charge is 0.219 e. The molecule has 0 radical (unpaired) electrons. The Balaban J connectivity index is 2.18. The minimum Gasteiger partial charge on any atom is -0.439 e. The highest BCUT2D eigenvalue weighted by Gasteiger charge is 2.07. The highest BCUT2D eigenvalue weighted by molar-refractivity contribution is 6.34. The van der Waals surface area contributed by atoms with Crippen LogP contribution in [0, 0.1) is 0 Å². The second-order valence-corrected chi connectivity index (χ2v) is 6.14. The average Bonchev–Trinajstić information content (AvgIpc) is 2.38. The van der Waals surface area contributed by atoms with Gasteiger partial charge in [-0.1, -0.05) is 48.7 Å². The SMILES string of the molecule is CC(C)NCc1cc(Oc2cc(Cl)cc(Cl)c2)ncc1Cl.